The summed E-state index contributed by atoms with van der Waals surface area (Å²) in [5.74, 6) is -1.75. The lowest BCUT2D eigenvalue weighted by Gasteiger charge is -2.30. The highest BCUT2D eigenvalue weighted by Gasteiger charge is 2.30. The maximum absolute atomic E-state index is 12.6. The van der Waals surface area contributed by atoms with Crippen molar-refractivity contribution in [2.75, 3.05) is 29.9 Å². The zero-order valence-corrected chi connectivity index (χ0v) is 16.7. The Balaban J connectivity index is 1.49. The van der Waals surface area contributed by atoms with Crippen LogP contribution in [0.5, 0.6) is 0 Å². The molecule has 2 N–H and O–H groups in total. The van der Waals surface area contributed by atoms with Crippen LogP contribution in [0.25, 0.3) is 0 Å². The van der Waals surface area contributed by atoms with Gasteiger partial charge in [0.2, 0.25) is 0 Å². The van der Waals surface area contributed by atoms with Crippen LogP contribution in [0.15, 0.2) is 42.5 Å². The number of halogens is 3. The molecule has 2 aromatic rings. The molecule has 0 saturated heterocycles. The summed E-state index contributed by atoms with van der Waals surface area (Å²) >= 11 is 0. The summed E-state index contributed by atoms with van der Waals surface area (Å²) in [5, 5.41) is 4.84. The van der Waals surface area contributed by atoms with E-state index in [1.54, 1.807) is 0 Å². The fraction of sp³-hybridized carbons (Fsp3) is 0.364. The Morgan fingerprint density at radius 2 is 1.80 bits per heavy atom. The summed E-state index contributed by atoms with van der Waals surface area (Å²) in [6.07, 6.45) is -1.73. The molecule has 0 aromatic heterocycles. The van der Waals surface area contributed by atoms with E-state index in [0.29, 0.717) is 6.42 Å². The van der Waals surface area contributed by atoms with Gasteiger partial charge in [-0.25, -0.2) is 0 Å². The molecule has 3 rings (SSSR count). The second-order valence-corrected chi connectivity index (χ2v) is 7.18. The molecule has 0 radical (unpaired) electrons. The number of alkyl halides is 3. The van der Waals surface area contributed by atoms with Gasteiger partial charge < -0.3 is 15.5 Å². The first-order valence-electron chi connectivity index (χ1n) is 9.91. The number of rotatable bonds is 5. The highest BCUT2D eigenvalue weighted by molar-refractivity contribution is 6.39. The summed E-state index contributed by atoms with van der Waals surface area (Å²) < 4.78 is 37.7. The van der Waals surface area contributed by atoms with Crippen LogP contribution in [0.4, 0.5) is 24.5 Å². The summed E-state index contributed by atoms with van der Waals surface area (Å²) in [5.41, 5.74) is 2.94. The van der Waals surface area contributed by atoms with E-state index in [1.807, 2.05) is 6.07 Å². The van der Waals surface area contributed by atoms with E-state index < -0.39 is 23.6 Å². The number of nitrogens with zero attached hydrogens (tertiary/aromatic N) is 1. The van der Waals surface area contributed by atoms with Crippen molar-refractivity contribution in [3.63, 3.8) is 0 Å². The summed E-state index contributed by atoms with van der Waals surface area (Å²) in [4.78, 5) is 26.3. The summed E-state index contributed by atoms with van der Waals surface area (Å²) in [6, 6.07) is 10.2. The van der Waals surface area contributed by atoms with Crippen LogP contribution < -0.4 is 15.5 Å². The second-order valence-electron chi connectivity index (χ2n) is 7.18. The SMILES string of the molecule is CCN1CCCc2cc(CCNC(=O)C(=O)Nc3ccc(C(F)(F)F)cc3)ccc21. The van der Waals surface area contributed by atoms with Crippen molar-refractivity contribution in [3.8, 4) is 0 Å². The van der Waals surface area contributed by atoms with Gasteiger partial charge in [0.25, 0.3) is 0 Å². The van der Waals surface area contributed by atoms with Crippen LogP contribution in [0.1, 0.15) is 30.0 Å². The van der Waals surface area contributed by atoms with Crippen LogP contribution in [-0.4, -0.2) is 31.4 Å². The molecule has 2 aromatic carbocycles. The number of carbonyl (C=O) groups is 2. The minimum Gasteiger partial charge on any atom is -0.372 e. The fourth-order valence-electron chi connectivity index (χ4n) is 3.54. The van der Waals surface area contributed by atoms with Crippen molar-refractivity contribution >= 4 is 23.2 Å². The number of benzene rings is 2. The first-order valence-corrected chi connectivity index (χ1v) is 9.91. The van der Waals surface area contributed by atoms with E-state index in [2.05, 4.69) is 34.6 Å². The molecular weight excluding hydrogens is 395 g/mol. The number of carbonyl (C=O) groups excluding carboxylic acids is 2. The second kappa shape index (κ2) is 9.19. The monoisotopic (exact) mass is 419 g/mol. The number of hydrogen-bond acceptors (Lipinski definition) is 3. The van der Waals surface area contributed by atoms with Crippen LogP contribution >= 0.6 is 0 Å². The van der Waals surface area contributed by atoms with Gasteiger partial charge in [0.15, 0.2) is 0 Å². The van der Waals surface area contributed by atoms with E-state index >= 15 is 0 Å². The summed E-state index contributed by atoms with van der Waals surface area (Å²) in [7, 11) is 0. The Hall–Kier alpha value is -3.03. The Morgan fingerprint density at radius 3 is 2.47 bits per heavy atom. The summed E-state index contributed by atoms with van der Waals surface area (Å²) in [6.45, 7) is 4.45. The quantitative estimate of drug-likeness (QED) is 0.726. The number of anilines is 2. The minimum atomic E-state index is -4.45. The first-order chi connectivity index (χ1) is 14.3. The maximum atomic E-state index is 12.6. The molecule has 0 fully saturated rings. The molecule has 1 aliphatic rings. The third kappa shape index (κ3) is 5.31. The van der Waals surface area contributed by atoms with Crippen molar-refractivity contribution in [2.24, 2.45) is 0 Å². The normalized spacial score (nSPS) is 13.5. The average Bonchev–Trinajstić information content (AvgIpc) is 2.72. The maximum Gasteiger partial charge on any atom is 0.416 e. The molecular formula is C22H24F3N3O2. The van der Waals surface area contributed by atoms with E-state index in [0.717, 1.165) is 55.8 Å². The Labute approximate surface area is 173 Å². The number of amides is 2. The van der Waals surface area contributed by atoms with Gasteiger partial charge in [-0.05, 0) is 67.6 Å². The molecule has 0 bridgehead atoms. The Morgan fingerprint density at radius 1 is 1.07 bits per heavy atom. The number of fused-ring (bicyclic) bond motifs is 1. The Kier molecular flexibility index (Phi) is 6.64. The van der Waals surface area contributed by atoms with E-state index in [4.69, 9.17) is 0 Å². The Bertz CT molecular complexity index is 911. The van der Waals surface area contributed by atoms with Gasteiger partial charge >= 0.3 is 18.0 Å². The molecule has 0 spiro atoms. The van der Waals surface area contributed by atoms with Crippen molar-refractivity contribution < 1.29 is 22.8 Å². The standard InChI is InChI=1S/C22H24F3N3O2/c1-2-28-13-3-4-16-14-15(5-10-19(16)28)11-12-26-20(29)21(30)27-18-8-6-17(7-9-18)22(23,24)25/h5-10,14H,2-4,11-13H2,1H3,(H,26,29)(H,27,30). The van der Waals surface area contributed by atoms with Gasteiger partial charge in [-0.1, -0.05) is 12.1 Å². The fourth-order valence-corrected chi connectivity index (χ4v) is 3.54. The first kappa shape index (κ1) is 21.7. The number of hydrogen-bond donors (Lipinski definition) is 2. The van der Waals surface area contributed by atoms with Crippen molar-refractivity contribution in [2.45, 2.75) is 32.4 Å². The smallest absolute Gasteiger partial charge is 0.372 e. The topological polar surface area (TPSA) is 61.4 Å². The molecule has 1 heterocycles. The highest BCUT2D eigenvalue weighted by Crippen LogP contribution is 2.30. The van der Waals surface area contributed by atoms with Crippen molar-refractivity contribution in [1.29, 1.82) is 0 Å². The largest absolute Gasteiger partial charge is 0.416 e. The predicted molar refractivity (Wildman–Crippen MR) is 109 cm³/mol. The molecule has 30 heavy (non-hydrogen) atoms. The lowest BCUT2D eigenvalue weighted by atomic mass is 9.98. The molecule has 160 valence electrons. The average molecular weight is 419 g/mol. The molecule has 1 aliphatic heterocycles. The van der Waals surface area contributed by atoms with Crippen molar-refractivity contribution in [3.05, 3.63) is 59.2 Å². The van der Waals surface area contributed by atoms with Crippen LogP contribution in [-0.2, 0) is 28.6 Å². The predicted octanol–water partition coefficient (Wildman–Crippen LogP) is 3.78. The van der Waals surface area contributed by atoms with Gasteiger partial charge in [-0.15, -0.1) is 0 Å². The van der Waals surface area contributed by atoms with E-state index in [-0.39, 0.29) is 12.2 Å². The molecule has 8 heteroatoms. The third-order valence-corrected chi connectivity index (χ3v) is 5.12. The van der Waals surface area contributed by atoms with Gasteiger partial charge in [0.1, 0.15) is 0 Å². The number of nitrogens with one attached hydrogen (secondary N) is 2. The molecule has 0 atom stereocenters. The molecule has 5 nitrogen and oxygen atoms in total. The third-order valence-electron chi connectivity index (χ3n) is 5.12. The van der Waals surface area contributed by atoms with Gasteiger partial charge in [0.05, 0.1) is 5.56 Å². The highest BCUT2D eigenvalue weighted by atomic mass is 19.4. The number of aryl methyl sites for hydroxylation is 1. The van der Waals surface area contributed by atoms with Gasteiger partial charge in [-0.3, -0.25) is 9.59 Å². The molecule has 0 aliphatic carbocycles. The minimum absolute atomic E-state index is 0.123. The molecule has 2 amide bonds. The molecule has 0 unspecified atom stereocenters. The zero-order valence-electron chi connectivity index (χ0n) is 16.7. The van der Waals surface area contributed by atoms with Gasteiger partial charge in [0, 0.05) is 31.0 Å². The van der Waals surface area contributed by atoms with Crippen LogP contribution in [0.3, 0.4) is 0 Å². The molecule has 0 saturated carbocycles. The lowest BCUT2D eigenvalue weighted by Crippen LogP contribution is -2.36. The van der Waals surface area contributed by atoms with Gasteiger partial charge in [-0.2, -0.15) is 13.2 Å². The lowest BCUT2D eigenvalue weighted by molar-refractivity contribution is -0.137. The van der Waals surface area contributed by atoms with Crippen LogP contribution in [0.2, 0.25) is 0 Å². The van der Waals surface area contributed by atoms with E-state index in [9.17, 15) is 22.8 Å². The zero-order chi connectivity index (χ0) is 21.7. The van der Waals surface area contributed by atoms with E-state index in [1.165, 1.54) is 11.3 Å². The van der Waals surface area contributed by atoms with Crippen LogP contribution in [0, 0.1) is 0 Å². The van der Waals surface area contributed by atoms with Crippen molar-refractivity contribution in [1.82, 2.24) is 5.32 Å².